The second-order valence-corrected chi connectivity index (χ2v) is 12.8. The number of hydrogen-bond donors (Lipinski definition) is 0. The van der Waals surface area contributed by atoms with E-state index in [0.717, 1.165) is 54.4 Å². The van der Waals surface area contributed by atoms with E-state index in [1.807, 2.05) is 24.3 Å². The van der Waals surface area contributed by atoms with Gasteiger partial charge < -0.3 is 14.2 Å². The molecule has 0 unspecified atom stereocenters. The van der Waals surface area contributed by atoms with Crippen molar-refractivity contribution >= 4 is 29.2 Å². The van der Waals surface area contributed by atoms with Crippen LogP contribution < -0.4 is 9.47 Å². The molecule has 0 N–H and O–H groups in total. The Hall–Kier alpha value is -2.77. The zero-order valence-electron chi connectivity index (χ0n) is 24.3. The molecule has 2 heterocycles. The van der Waals surface area contributed by atoms with Crippen molar-refractivity contribution in [2.45, 2.75) is 63.9 Å². The fourth-order valence-electron chi connectivity index (χ4n) is 6.62. The Morgan fingerprint density at radius 2 is 1.74 bits per heavy atom. The molecular formula is C34H38Cl2N2O4. The summed E-state index contributed by atoms with van der Waals surface area (Å²) in [5, 5.41) is 1.06. The molecule has 6 nitrogen and oxygen atoms in total. The average molecular weight is 610 g/mol. The topological polar surface area (TPSA) is 51.2 Å². The number of fused-ring (bicyclic) bond motifs is 2. The van der Waals surface area contributed by atoms with Crippen LogP contribution in [0, 0.1) is 5.92 Å². The number of rotatable bonds is 7. The molecule has 2 aliphatic heterocycles. The van der Waals surface area contributed by atoms with Gasteiger partial charge in [0.2, 0.25) is 0 Å². The van der Waals surface area contributed by atoms with Crippen LogP contribution in [0.25, 0.3) is 0 Å². The van der Waals surface area contributed by atoms with Crippen molar-refractivity contribution < 1.29 is 19.0 Å². The molecular weight excluding hydrogens is 571 g/mol. The second kappa shape index (κ2) is 12.8. The minimum atomic E-state index is -0.226. The SMILES string of the molecule is COC(=O)[C@@H]1Cc2cc3c(cc2CN1CC1CCCC1)O[C@@H](c1ccc(OCc2ccc(Cl)c(Cl)c2)cc1)CN(C)C3. The zero-order valence-corrected chi connectivity index (χ0v) is 25.8. The molecule has 0 aromatic heterocycles. The zero-order chi connectivity index (χ0) is 29.2. The maximum absolute atomic E-state index is 12.8. The van der Waals surface area contributed by atoms with Crippen LogP contribution in [-0.4, -0.2) is 49.1 Å². The van der Waals surface area contributed by atoms with E-state index in [4.69, 9.17) is 37.4 Å². The van der Waals surface area contributed by atoms with Crippen LogP contribution in [0.4, 0.5) is 0 Å². The molecule has 0 radical (unpaired) electrons. The van der Waals surface area contributed by atoms with Crippen LogP contribution in [0.15, 0.2) is 54.6 Å². The van der Waals surface area contributed by atoms with Crippen LogP contribution in [-0.2, 0) is 35.6 Å². The Bertz CT molecular complexity index is 1420. The molecule has 2 atom stereocenters. The first-order chi connectivity index (χ1) is 20.4. The molecule has 0 saturated heterocycles. The Morgan fingerprint density at radius 1 is 0.952 bits per heavy atom. The Balaban J connectivity index is 1.18. The number of methoxy groups -OCH3 is 1. The number of hydrogen-bond acceptors (Lipinski definition) is 6. The van der Waals surface area contributed by atoms with Crippen LogP contribution in [0.1, 0.15) is 59.6 Å². The first-order valence-electron chi connectivity index (χ1n) is 14.8. The Morgan fingerprint density at radius 3 is 2.48 bits per heavy atom. The highest BCUT2D eigenvalue weighted by atomic mass is 35.5. The number of esters is 1. The van der Waals surface area contributed by atoms with Gasteiger partial charge in [0.25, 0.3) is 0 Å². The third kappa shape index (κ3) is 6.57. The van der Waals surface area contributed by atoms with Crippen LogP contribution in [0.2, 0.25) is 10.0 Å². The quantitative estimate of drug-likeness (QED) is 0.264. The molecule has 3 aromatic rings. The smallest absolute Gasteiger partial charge is 0.323 e. The molecule has 222 valence electrons. The lowest BCUT2D eigenvalue weighted by molar-refractivity contribution is -0.148. The highest BCUT2D eigenvalue weighted by Gasteiger charge is 2.35. The standard InChI is InChI=1S/C34H38Cl2N2O4/c1-37-18-27-14-25-15-31(34(39)40-2)38(17-22-5-3-4-6-22)19-26(25)16-32(27)42-33(20-37)24-8-10-28(11-9-24)41-21-23-7-12-29(35)30(36)13-23/h7-14,16,22,31,33H,3-6,15,17-21H2,1-2H3/t31-,33+/m0/s1. The molecule has 1 fully saturated rings. The fraction of sp³-hybridized carbons (Fsp3) is 0.441. The van der Waals surface area contributed by atoms with E-state index in [2.05, 4.69) is 41.1 Å². The van der Waals surface area contributed by atoms with Gasteiger partial charge in [0, 0.05) is 31.7 Å². The summed E-state index contributed by atoms with van der Waals surface area (Å²) in [7, 11) is 3.63. The summed E-state index contributed by atoms with van der Waals surface area (Å²) in [5.41, 5.74) is 5.70. The highest BCUT2D eigenvalue weighted by Crippen LogP contribution is 2.37. The van der Waals surface area contributed by atoms with Gasteiger partial charge in [-0.05, 0) is 84.8 Å². The Labute approximate surface area is 258 Å². The summed E-state index contributed by atoms with van der Waals surface area (Å²) in [6, 6.07) is 17.9. The van der Waals surface area contributed by atoms with Crippen molar-refractivity contribution in [2.75, 3.05) is 27.2 Å². The van der Waals surface area contributed by atoms with Crippen molar-refractivity contribution in [3.05, 3.63) is 92.5 Å². The number of halogens is 2. The average Bonchev–Trinajstić information content (AvgIpc) is 3.44. The largest absolute Gasteiger partial charge is 0.489 e. The van der Waals surface area contributed by atoms with E-state index in [0.29, 0.717) is 29.0 Å². The Kier molecular flexibility index (Phi) is 8.96. The van der Waals surface area contributed by atoms with E-state index in [-0.39, 0.29) is 18.1 Å². The van der Waals surface area contributed by atoms with E-state index in [9.17, 15) is 4.79 Å². The van der Waals surface area contributed by atoms with Crippen molar-refractivity contribution in [2.24, 2.45) is 5.92 Å². The summed E-state index contributed by atoms with van der Waals surface area (Å²) in [6.07, 6.45) is 5.64. The van der Waals surface area contributed by atoms with Gasteiger partial charge in [0.15, 0.2) is 0 Å². The molecule has 0 spiro atoms. The summed E-state index contributed by atoms with van der Waals surface area (Å²) >= 11 is 12.2. The van der Waals surface area contributed by atoms with Gasteiger partial charge in [0.05, 0.1) is 17.2 Å². The summed E-state index contributed by atoms with van der Waals surface area (Å²) < 4.78 is 17.9. The fourth-order valence-corrected chi connectivity index (χ4v) is 6.94. The minimum absolute atomic E-state index is 0.112. The van der Waals surface area contributed by atoms with Gasteiger partial charge in [-0.15, -0.1) is 0 Å². The van der Waals surface area contributed by atoms with E-state index in [1.165, 1.54) is 43.9 Å². The van der Waals surface area contributed by atoms with Gasteiger partial charge in [0.1, 0.15) is 30.3 Å². The maximum atomic E-state index is 12.8. The molecule has 3 aliphatic rings. The van der Waals surface area contributed by atoms with Crippen molar-refractivity contribution in [1.29, 1.82) is 0 Å². The lowest BCUT2D eigenvalue weighted by Crippen LogP contribution is -2.47. The van der Waals surface area contributed by atoms with Crippen LogP contribution in [0.5, 0.6) is 11.5 Å². The number of nitrogens with zero attached hydrogens (tertiary/aromatic N) is 2. The van der Waals surface area contributed by atoms with Crippen LogP contribution >= 0.6 is 23.2 Å². The lowest BCUT2D eigenvalue weighted by atomic mass is 9.90. The molecule has 0 bridgehead atoms. The van der Waals surface area contributed by atoms with Crippen molar-refractivity contribution in [1.82, 2.24) is 9.80 Å². The van der Waals surface area contributed by atoms with E-state index >= 15 is 0 Å². The van der Waals surface area contributed by atoms with Crippen LogP contribution in [0.3, 0.4) is 0 Å². The first-order valence-corrected chi connectivity index (χ1v) is 15.6. The van der Waals surface area contributed by atoms with E-state index < -0.39 is 0 Å². The summed E-state index contributed by atoms with van der Waals surface area (Å²) in [4.78, 5) is 17.4. The predicted molar refractivity (Wildman–Crippen MR) is 165 cm³/mol. The van der Waals surface area contributed by atoms with Gasteiger partial charge in [-0.25, -0.2) is 0 Å². The molecule has 6 rings (SSSR count). The minimum Gasteiger partial charge on any atom is -0.489 e. The second-order valence-electron chi connectivity index (χ2n) is 12.0. The molecule has 0 amide bonds. The molecule has 42 heavy (non-hydrogen) atoms. The molecule has 1 aliphatic carbocycles. The third-order valence-corrected chi connectivity index (χ3v) is 9.62. The first kappa shape index (κ1) is 29.3. The summed E-state index contributed by atoms with van der Waals surface area (Å²) in [6.45, 7) is 3.65. The molecule has 1 saturated carbocycles. The highest BCUT2D eigenvalue weighted by molar-refractivity contribution is 6.42. The van der Waals surface area contributed by atoms with Gasteiger partial charge in [-0.1, -0.05) is 60.3 Å². The maximum Gasteiger partial charge on any atom is 0.323 e. The monoisotopic (exact) mass is 608 g/mol. The summed E-state index contributed by atoms with van der Waals surface area (Å²) in [5.74, 6) is 2.24. The molecule has 8 heteroatoms. The molecule has 3 aromatic carbocycles. The van der Waals surface area contributed by atoms with Crippen molar-refractivity contribution in [3.63, 3.8) is 0 Å². The number of ether oxygens (including phenoxy) is 3. The number of carbonyl (C=O) groups is 1. The number of carbonyl (C=O) groups excluding carboxylic acids is 1. The predicted octanol–water partition coefficient (Wildman–Crippen LogP) is 7.23. The van der Waals surface area contributed by atoms with Gasteiger partial charge >= 0.3 is 5.97 Å². The normalized spacial score (nSPS) is 21.2. The van der Waals surface area contributed by atoms with E-state index in [1.54, 1.807) is 6.07 Å². The number of likely N-dealkylation sites (N-methyl/N-ethyl adjacent to an activating group) is 1. The number of benzene rings is 3. The van der Waals surface area contributed by atoms with Gasteiger partial charge in [-0.3, -0.25) is 14.6 Å². The van der Waals surface area contributed by atoms with Gasteiger partial charge in [-0.2, -0.15) is 0 Å². The third-order valence-electron chi connectivity index (χ3n) is 8.88. The lowest BCUT2D eigenvalue weighted by Gasteiger charge is -2.37. The van der Waals surface area contributed by atoms with Crippen molar-refractivity contribution in [3.8, 4) is 11.5 Å².